The molecule has 2 amide bonds. The second-order valence-corrected chi connectivity index (χ2v) is 6.26. The Balaban J connectivity index is 1.89. The number of benzene rings is 2. The summed E-state index contributed by atoms with van der Waals surface area (Å²) in [6.07, 6.45) is -0.763. The SMILES string of the molecule is Cc1ccc([C@@](C)(NC(=O)CNC(=O)OCc2ccccc2)C(=O)O)cc1. The molecule has 0 fully saturated rings. The largest absolute Gasteiger partial charge is 0.479 e. The van der Waals surface area contributed by atoms with Gasteiger partial charge in [-0.1, -0.05) is 60.2 Å². The first-order chi connectivity index (χ1) is 12.8. The highest BCUT2D eigenvalue weighted by molar-refractivity contribution is 5.89. The Hall–Kier alpha value is -3.35. The molecule has 3 N–H and O–H groups in total. The van der Waals surface area contributed by atoms with E-state index in [9.17, 15) is 19.5 Å². The summed E-state index contributed by atoms with van der Waals surface area (Å²) < 4.78 is 5.01. The lowest BCUT2D eigenvalue weighted by Gasteiger charge is -2.27. The average molecular weight is 370 g/mol. The van der Waals surface area contributed by atoms with E-state index in [1.807, 2.05) is 25.1 Å². The van der Waals surface area contributed by atoms with Crippen molar-refractivity contribution in [3.8, 4) is 0 Å². The summed E-state index contributed by atoms with van der Waals surface area (Å²) >= 11 is 0. The maximum Gasteiger partial charge on any atom is 0.407 e. The third-order valence-electron chi connectivity index (χ3n) is 4.05. The van der Waals surface area contributed by atoms with Gasteiger partial charge in [-0.15, -0.1) is 0 Å². The maximum absolute atomic E-state index is 12.1. The number of amides is 2. The predicted octanol–water partition coefficient (Wildman–Crippen LogP) is 2.34. The number of rotatable bonds is 7. The summed E-state index contributed by atoms with van der Waals surface area (Å²) in [5, 5.41) is 14.3. The van der Waals surface area contributed by atoms with Crippen LogP contribution in [0, 0.1) is 6.92 Å². The zero-order valence-electron chi connectivity index (χ0n) is 15.2. The van der Waals surface area contributed by atoms with Gasteiger partial charge in [0.25, 0.3) is 0 Å². The number of carbonyl (C=O) groups excluding carboxylic acids is 2. The van der Waals surface area contributed by atoms with Crippen molar-refractivity contribution in [1.29, 1.82) is 0 Å². The molecule has 0 aliphatic carbocycles. The van der Waals surface area contributed by atoms with Gasteiger partial charge in [0, 0.05) is 0 Å². The van der Waals surface area contributed by atoms with Gasteiger partial charge in [0.05, 0.1) is 0 Å². The number of hydrogen-bond acceptors (Lipinski definition) is 4. The molecular formula is C20H22N2O5. The van der Waals surface area contributed by atoms with Crippen LogP contribution in [0.15, 0.2) is 54.6 Å². The van der Waals surface area contributed by atoms with Gasteiger partial charge in [-0.3, -0.25) is 4.79 Å². The zero-order valence-corrected chi connectivity index (χ0v) is 15.2. The van der Waals surface area contributed by atoms with Gasteiger partial charge in [-0.25, -0.2) is 9.59 Å². The molecule has 0 saturated carbocycles. The first-order valence-corrected chi connectivity index (χ1v) is 8.37. The van der Waals surface area contributed by atoms with Gasteiger partial charge in [0.1, 0.15) is 13.2 Å². The third-order valence-corrected chi connectivity index (χ3v) is 4.05. The number of nitrogens with one attached hydrogen (secondary N) is 2. The monoisotopic (exact) mass is 370 g/mol. The van der Waals surface area contributed by atoms with E-state index in [2.05, 4.69) is 10.6 Å². The maximum atomic E-state index is 12.1. The minimum atomic E-state index is -1.61. The van der Waals surface area contributed by atoms with E-state index in [4.69, 9.17) is 4.74 Å². The van der Waals surface area contributed by atoms with Crippen molar-refractivity contribution in [3.63, 3.8) is 0 Å². The molecule has 0 bridgehead atoms. The van der Waals surface area contributed by atoms with Crippen molar-refractivity contribution < 1.29 is 24.2 Å². The molecule has 0 spiro atoms. The van der Waals surface area contributed by atoms with Gasteiger partial charge >= 0.3 is 12.1 Å². The molecule has 0 radical (unpaired) electrons. The normalized spacial score (nSPS) is 12.5. The number of aliphatic carboxylic acids is 1. The quantitative estimate of drug-likeness (QED) is 0.694. The summed E-state index contributed by atoms with van der Waals surface area (Å²) in [5.41, 5.74) is 0.608. The Kier molecular flexibility index (Phi) is 6.54. The highest BCUT2D eigenvalue weighted by atomic mass is 16.5. The van der Waals surface area contributed by atoms with E-state index in [-0.39, 0.29) is 6.61 Å². The van der Waals surface area contributed by atoms with Gasteiger partial charge in [-0.2, -0.15) is 0 Å². The van der Waals surface area contributed by atoms with E-state index in [0.717, 1.165) is 11.1 Å². The molecule has 0 aromatic heterocycles. The molecule has 142 valence electrons. The second-order valence-electron chi connectivity index (χ2n) is 6.26. The number of aryl methyl sites for hydroxylation is 1. The molecule has 27 heavy (non-hydrogen) atoms. The highest BCUT2D eigenvalue weighted by Crippen LogP contribution is 2.21. The number of carboxylic acids is 1. The number of carbonyl (C=O) groups is 3. The van der Waals surface area contributed by atoms with Crippen LogP contribution in [-0.2, 0) is 26.5 Å². The standard InChI is InChI=1S/C20H22N2O5/c1-14-8-10-16(11-9-14)20(2,18(24)25)22-17(23)12-21-19(26)27-13-15-6-4-3-5-7-15/h3-11H,12-13H2,1-2H3,(H,21,26)(H,22,23)(H,24,25)/t20-/m1/s1. The van der Waals surface area contributed by atoms with Gasteiger partial charge < -0.3 is 20.5 Å². The van der Waals surface area contributed by atoms with E-state index < -0.39 is 30.1 Å². The molecule has 7 nitrogen and oxygen atoms in total. The molecule has 0 unspecified atom stereocenters. The van der Waals surface area contributed by atoms with Gasteiger partial charge in [0.2, 0.25) is 5.91 Å². The van der Waals surface area contributed by atoms with Crippen molar-refractivity contribution >= 4 is 18.0 Å². The van der Waals surface area contributed by atoms with Gasteiger partial charge in [0.15, 0.2) is 5.54 Å². The Labute approximate surface area is 157 Å². The van der Waals surface area contributed by atoms with E-state index in [1.165, 1.54) is 6.92 Å². The number of hydrogen-bond donors (Lipinski definition) is 3. The van der Waals surface area contributed by atoms with E-state index in [1.54, 1.807) is 36.4 Å². The molecule has 2 aromatic rings. The van der Waals surface area contributed by atoms with Crippen LogP contribution in [0.4, 0.5) is 4.79 Å². The second kappa shape index (κ2) is 8.84. The van der Waals surface area contributed by atoms with Crippen LogP contribution in [0.25, 0.3) is 0 Å². The molecule has 2 rings (SSSR count). The predicted molar refractivity (Wildman–Crippen MR) is 98.9 cm³/mol. The molecule has 0 aliphatic heterocycles. The number of ether oxygens (including phenoxy) is 1. The third kappa shape index (κ3) is 5.57. The van der Waals surface area contributed by atoms with Gasteiger partial charge in [-0.05, 0) is 25.0 Å². The van der Waals surface area contributed by atoms with Crippen LogP contribution in [0.3, 0.4) is 0 Å². The first kappa shape index (κ1) is 20.0. The smallest absolute Gasteiger partial charge is 0.407 e. The molecule has 0 heterocycles. The van der Waals surface area contributed by atoms with Crippen LogP contribution in [0.1, 0.15) is 23.6 Å². The summed E-state index contributed by atoms with van der Waals surface area (Å²) in [6.45, 7) is 2.95. The minimum Gasteiger partial charge on any atom is -0.479 e. The molecule has 0 saturated heterocycles. The lowest BCUT2D eigenvalue weighted by molar-refractivity contribution is -0.147. The van der Waals surface area contributed by atoms with Crippen LogP contribution in [0.2, 0.25) is 0 Å². The fourth-order valence-electron chi connectivity index (χ4n) is 2.39. The average Bonchev–Trinajstić information content (AvgIpc) is 2.65. The van der Waals surface area contributed by atoms with Crippen LogP contribution in [0.5, 0.6) is 0 Å². The Morgan fingerprint density at radius 1 is 1.04 bits per heavy atom. The first-order valence-electron chi connectivity index (χ1n) is 8.37. The van der Waals surface area contributed by atoms with Crippen molar-refractivity contribution in [2.75, 3.05) is 6.54 Å². The Morgan fingerprint density at radius 3 is 2.26 bits per heavy atom. The summed E-state index contributed by atoms with van der Waals surface area (Å²) in [4.78, 5) is 35.5. The lowest BCUT2D eigenvalue weighted by atomic mass is 9.91. The number of carboxylic acid groups (broad SMARTS) is 1. The fourth-order valence-corrected chi connectivity index (χ4v) is 2.39. The molecule has 7 heteroatoms. The van der Waals surface area contributed by atoms with Crippen molar-refractivity contribution in [1.82, 2.24) is 10.6 Å². The topological polar surface area (TPSA) is 105 Å². The fraction of sp³-hybridized carbons (Fsp3) is 0.250. The Bertz CT molecular complexity index is 805. The zero-order chi connectivity index (χ0) is 19.9. The molecule has 2 aromatic carbocycles. The van der Waals surface area contributed by atoms with Crippen molar-refractivity contribution in [2.24, 2.45) is 0 Å². The van der Waals surface area contributed by atoms with Crippen LogP contribution >= 0.6 is 0 Å². The molecular weight excluding hydrogens is 348 g/mol. The molecule has 1 atom stereocenters. The minimum absolute atomic E-state index is 0.0739. The lowest BCUT2D eigenvalue weighted by Crippen LogP contribution is -2.52. The van der Waals surface area contributed by atoms with E-state index in [0.29, 0.717) is 5.56 Å². The van der Waals surface area contributed by atoms with Crippen molar-refractivity contribution in [2.45, 2.75) is 26.0 Å². The number of alkyl carbamates (subject to hydrolysis) is 1. The van der Waals surface area contributed by atoms with Crippen LogP contribution in [-0.4, -0.2) is 29.6 Å². The summed E-state index contributed by atoms with van der Waals surface area (Å²) in [5.74, 6) is -1.84. The Morgan fingerprint density at radius 2 is 1.67 bits per heavy atom. The highest BCUT2D eigenvalue weighted by Gasteiger charge is 2.36. The molecule has 0 aliphatic rings. The van der Waals surface area contributed by atoms with E-state index >= 15 is 0 Å². The summed E-state index contributed by atoms with van der Waals surface area (Å²) in [6, 6.07) is 15.9. The van der Waals surface area contributed by atoms with Crippen molar-refractivity contribution in [3.05, 3.63) is 71.3 Å². The van der Waals surface area contributed by atoms with Crippen LogP contribution < -0.4 is 10.6 Å². The summed E-state index contributed by atoms with van der Waals surface area (Å²) in [7, 11) is 0.